The minimum Gasteiger partial charge on any atom is -0.327 e. The first-order valence-electron chi connectivity index (χ1n) is 6.80. The summed E-state index contributed by atoms with van der Waals surface area (Å²) in [7, 11) is 0. The molecule has 0 bridgehead atoms. The average molecular weight is 243 g/mol. The maximum Gasteiger partial charge on any atom is 0.130 e. The van der Waals surface area contributed by atoms with Crippen molar-refractivity contribution in [2.24, 2.45) is 11.7 Å². The number of nitrogens with two attached hydrogens (primary N) is 1. The summed E-state index contributed by atoms with van der Waals surface area (Å²) in [5.74, 6) is 1.65. The highest BCUT2D eigenvalue weighted by atomic mass is 15.1. The molecule has 0 amide bonds. The second-order valence-corrected chi connectivity index (χ2v) is 5.73. The van der Waals surface area contributed by atoms with Gasteiger partial charge >= 0.3 is 0 Å². The van der Waals surface area contributed by atoms with E-state index < -0.39 is 0 Å². The lowest BCUT2D eigenvalue weighted by molar-refractivity contribution is 0.385. The van der Waals surface area contributed by atoms with Crippen LogP contribution in [0.3, 0.4) is 0 Å². The van der Waals surface area contributed by atoms with E-state index in [1.54, 1.807) is 0 Å². The summed E-state index contributed by atoms with van der Waals surface area (Å²) in [6.07, 6.45) is 2.47. The van der Waals surface area contributed by atoms with Crippen molar-refractivity contribution in [1.82, 2.24) is 9.55 Å². The molecule has 3 heteroatoms. The molecule has 2 aromatic rings. The first kappa shape index (κ1) is 11.7. The van der Waals surface area contributed by atoms with Crippen LogP contribution in [0.4, 0.5) is 0 Å². The molecule has 1 unspecified atom stereocenters. The van der Waals surface area contributed by atoms with Gasteiger partial charge in [-0.15, -0.1) is 0 Å². The lowest BCUT2D eigenvalue weighted by Gasteiger charge is -2.24. The molecule has 1 aromatic carbocycles. The number of imidazole rings is 1. The van der Waals surface area contributed by atoms with E-state index >= 15 is 0 Å². The maximum absolute atomic E-state index is 6.54. The fourth-order valence-electron chi connectivity index (χ4n) is 2.84. The molecule has 0 aliphatic heterocycles. The predicted octanol–water partition coefficient (Wildman–Crippen LogP) is 2.95. The number of rotatable bonds is 3. The Labute approximate surface area is 108 Å². The molecule has 1 fully saturated rings. The van der Waals surface area contributed by atoms with Gasteiger partial charge in [0.15, 0.2) is 0 Å². The Balaban J connectivity index is 2.22. The van der Waals surface area contributed by atoms with E-state index in [-0.39, 0.29) is 5.54 Å². The SMILES string of the molecule is CCn1c(C(C)(N)C2CC2)nc2cc(C)ccc21. The van der Waals surface area contributed by atoms with Crippen LogP contribution in [0.5, 0.6) is 0 Å². The maximum atomic E-state index is 6.54. The number of aromatic nitrogens is 2. The number of fused-ring (bicyclic) bond motifs is 1. The van der Waals surface area contributed by atoms with Crippen LogP contribution >= 0.6 is 0 Å². The van der Waals surface area contributed by atoms with Crippen LogP contribution in [0.1, 0.15) is 38.1 Å². The molecule has 1 atom stereocenters. The normalized spacial score (nSPS) is 19.1. The molecule has 2 N–H and O–H groups in total. The average Bonchev–Trinajstić information content (AvgIpc) is 3.11. The van der Waals surface area contributed by atoms with Gasteiger partial charge in [0.1, 0.15) is 5.82 Å². The topological polar surface area (TPSA) is 43.8 Å². The Morgan fingerprint density at radius 1 is 1.44 bits per heavy atom. The van der Waals surface area contributed by atoms with Crippen molar-refractivity contribution in [2.75, 3.05) is 0 Å². The number of nitrogens with zero attached hydrogens (tertiary/aromatic N) is 2. The van der Waals surface area contributed by atoms with Crippen LogP contribution in [0.25, 0.3) is 11.0 Å². The van der Waals surface area contributed by atoms with Crippen LogP contribution in [-0.4, -0.2) is 9.55 Å². The molecule has 1 aliphatic rings. The van der Waals surface area contributed by atoms with Crippen LogP contribution < -0.4 is 5.73 Å². The Kier molecular flexibility index (Phi) is 2.49. The van der Waals surface area contributed by atoms with Crippen LogP contribution in [0.2, 0.25) is 0 Å². The highest BCUT2D eigenvalue weighted by Crippen LogP contribution is 2.44. The largest absolute Gasteiger partial charge is 0.327 e. The van der Waals surface area contributed by atoms with E-state index in [1.165, 1.54) is 23.9 Å². The number of benzene rings is 1. The van der Waals surface area contributed by atoms with Crippen LogP contribution in [0, 0.1) is 12.8 Å². The van der Waals surface area contributed by atoms with E-state index in [0.717, 1.165) is 17.9 Å². The minimum atomic E-state index is -0.289. The summed E-state index contributed by atoms with van der Waals surface area (Å²) in [6, 6.07) is 6.45. The van der Waals surface area contributed by atoms with Gasteiger partial charge in [-0.05, 0) is 57.2 Å². The number of hydrogen-bond acceptors (Lipinski definition) is 2. The number of hydrogen-bond donors (Lipinski definition) is 1. The van der Waals surface area contributed by atoms with Crippen molar-refractivity contribution >= 4 is 11.0 Å². The highest BCUT2D eigenvalue weighted by Gasteiger charge is 2.42. The summed E-state index contributed by atoms with van der Waals surface area (Å²) in [6.45, 7) is 7.32. The summed E-state index contributed by atoms with van der Waals surface area (Å²) in [5, 5.41) is 0. The van der Waals surface area contributed by atoms with Gasteiger partial charge in [0.05, 0.1) is 16.6 Å². The molecule has 0 radical (unpaired) electrons. The molecule has 18 heavy (non-hydrogen) atoms. The molecule has 1 aromatic heterocycles. The number of aryl methyl sites for hydroxylation is 2. The molecule has 1 saturated carbocycles. The second-order valence-electron chi connectivity index (χ2n) is 5.73. The fraction of sp³-hybridized carbons (Fsp3) is 0.533. The zero-order valence-electron chi connectivity index (χ0n) is 11.4. The Bertz CT molecular complexity index is 591. The van der Waals surface area contributed by atoms with Gasteiger partial charge in [0.25, 0.3) is 0 Å². The van der Waals surface area contributed by atoms with Crippen molar-refractivity contribution in [3.63, 3.8) is 0 Å². The van der Waals surface area contributed by atoms with Crippen molar-refractivity contribution < 1.29 is 0 Å². The standard InChI is InChI=1S/C15H21N3/c1-4-18-13-8-5-10(2)9-12(13)17-14(18)15(3,16)11-6-7-11/h5,8-9,11H,4,6-7,16H2,1-3H3. The summed E-state index contributed by atoms with van der Waals surface area (Å²) < 4.78 is 2.27. The van der Waals surface area contributed by atoms with Gasteiger partial charge in [0, 0.05) is 6.54 Å². The summed E-state index contributed by atoms with van der Waals surface area (Å²) in [5.41, 5.74) is 9.78. The van der Waals surface area contributed by atoms with E-state index in [4.69, 9.17) is 10.7 Å². The van der Waals surface area contributed by atoms with Crippen molar-refractivity contribution in [1.29, 1.82) is 0 Å². The Morgan fingerprint density at radius 2 is 2.17 bits per heavy atom. The first-order chi connectivity index (χ1) is 8.54. The van der Waals surface area contributed by atoms with E-state index in [0.29, 0.717) is 5.92 Å². The minimum absolute atomic E-state index is 0.289. The summed E-state index contributed by atoms with van der Waals surface area (Å²) in [4.78, 5) is 4.82. The lowest BCUT2D eigenvalue weighted by Crippen LogP contribution is -2.38. The molecule has 0 spiro atoms. The summed E-state index contributed by atoms with van der Waals surface area (Å²) >= 11 is 0. The lowest BCUT2D eigenvalue weighted by atomic mass is 9.96. The zero-order valence-corrected chi connectivity index (χ0v) is 11.4. The molecule has 1 heterocycles. The Morgan fingerprint density at radius 3 is 2.78 bits per heavy atom. The molecule has 96 valence electrons. The van der Waals surface area contributed by atoms with Crippen molar-refractivity contribution in [3.8, 4) is 0 Å². The third-order valence-electron chi connectivity index (χ3n) is 4.13. The third-order valence-corrected chi connectivity index (χ3v) is 4.13. The molecule has 3 rings (SSSR count). The Hall–Kier alpha value is -1.35. The first-order valence-corrected chi connectivity index (χ1v) is 6.80. The highest BCUT2D eigenvalue weighted by molar-refractivity contribution is 5.77. The van der Waals surface area contributed by atoms with Gasteiger partial charge < -0.3 is 10.3 Å². The van der Waals surface area contributed by atoms with Gasteiger partial charge in [-0.3, -0.25) is 0 Å². The molecule has 3 nitrogen and oxygen atoms in total. The molecular weight excluding hydrogens is 222 g/mol. The van der Waals surface area contributed by atoms with Gasteiger partial charge in [-0.25, -0.2) is 4.98 Å². The third kappa shape index (κ3) is 1.65. The zero-order chi connectivity index (χ0) is 12.9. The van der Waals surface area contributed by atoms with Gasteiger partial charge in [-0.1, -0.05) is 6.07 Å². The quantitative estimate of drug-likeness (QED) is 0.900. The van der Waals surface area contributed by atoms with Crippen LogP contribution in [-0.2, 0) is 12.1 Å². The molecule has 0 saturated heterocycles. The van der Waals surface area contributed by atoms with E-state index in [1.807, 2.05) is 0 Å². The van der Waals surface area contributed by atoms with Gasteiger partial charge in [-0.2, -0.15) is 0 Å². The molecular formula is C15H21N3. The van der Waals surface area contributed by atoms with Crippen molar-refractivity contribution in [3.05, 3.63) is 29.6 Å². The monoisotopic (exact) mass is 243 g/mol. The smallest absolute Gasteiger partial charge is 0.130 e. The fourth-order valence-corrected chi connectivity index (χ4v) is 2.84. The molecule has 1 aliphatic carbocycles. The van der Waals surface area contributed by atoms with Crippen LogP contribution in [0.15, 0.2) is 18.2 Å². The van der Waals surface area contributed by atoms with E-state index in [2.05, 4.69) is 43.5 Å². The van der Waals surface area contributed by atoms with Gasteiger partial charge in [0.2, 0.25) is 0 Å². The predicted molar refractivity (Wildman–Crippen MR) is 74.4 cm³/mol. The van der Waals surface area contributed by atoms with Crippen molar-refractivity contribution in [2.45, 2.75) is 45.7 Å². The second kappa shape index (κ2) is 3.82. The van der Waals surface area contributed by atoms with E-state index in [9.17, 15) is 0 Å².